The zero-order chi connectivity index (χ0) is 13.4. The second kappa shape index (κ2) is 4.29. The molecule has 4 heteroatoms. The quantitative estimate of drug-likeness (QED) is 0.676. The average molecular weight is 251 g/mol. The summed E-state index contributed by atoms with van der Waals surface area (Å²) in [6.45, 7) is 5.66. The standard InChI is InChI=1S/C15H13N3O/c1-4-5-11-7-16-15-13(11)6-12(8-17-15)14-9(2)18-19-10(14)3/h6-8H,1-3H3,(H,16,17). The van der Waals surface area contributed by atoms with Crippen LogP contribution in [-0.2, 0) is 0 Å². The van der Waals surface area contributed by atoms with Gasteiger partial charge in [0.1, 0.15) is 11.4 Å². The summed E-state index contributed by atoms with van der Waals surface area (Å²) in [6.07, 6.45) is 3.71. The Bertz CT molecular complexity index is 795. The molecular formula is C15H13N3O. The first-order valence-corrected chi connectivity index (χ1v) is 6.04. The number of hydrogen-bond donors (Lipinski definition) is 1. The van der Waals surface area contributed by atoms with Crippen molar-refractivity contribution in [2.24, 2.45) is 0 Å². The number of fused-ring (bicyclic) bond motifs is 1. The Hall–Kier alpha value is -2.54. The molecule has 4 nitrogen and oxygen atoms in total. The predicted octanol–water partition coefficient (Wildman–Crippen LogP) is 3.21. The van der Waals surface area contributed by atoms with Gasteiger partial charge < -0.3 is 9.51 Å². The monoisotopic (exact) mass is 251 g/mol. The third-order valence-corrected chi connectivity index (χ3v) is 3.11. The van der Waals surface area contributed by atoms with Crippen molar-refractivity contribution in [3.63, 3.8) is 0 Å². The highest BCUT2D eigenvalue weighted by atomic mass is 16.5. The van der Waals surface area contributed by atoms with Gasteiger partial charge >= 0.3 is 0 Å². The average Bonchev–Trinajstić information content (AvgIpc) is 2.94. The number of aromatic nitrogens is 3. The summed E-state index contributed by atoms with van der Waals surface area (Å²) in [7, 11) is 0. The van der Waals surface area contributed by atoms with Crippen LogP contribution in [0, 0.1) is 25.7 Å². The molecule has 19 heavy (non-hydrogen) atoms. The molecular weight excluding hydrogens is 238 g/mol. The first-order chi connectivity index (χ1) is 9.20. The Morgan fingerprint density at radius 1 is 1.32 bits per heavy atom. The van der Waals surface area contributed by atoms with Gasteiger partial charge in [-0.05, 0) is 26.8 Å². The number of H-pyrrole nitrogens is 1. The lowest BCUT2D eigenvalue weighted by molar-refractivity contribution is 0.393. The molecule has 0 amide bonds. The molecule has 3 rings (SSSR count). The van der Waals surface area contributed by atoms with Crippen LogP contribution in [0.2, 0.25) is 0 Å². The minimum atomic E-state index is 0.803. The van der Waals surface area contributed by atoms with Gasteiger partial charge in [-0.25, -0.2) is 4.98 Å². The highest BCUT2D eigenvalue weighted by Gasteiger charge is 2.13. The fourth-order valence-corrected chi connectivity index (χ4v) is 2.27. The first-order valence-electron chi connectivity index (χ1n) is 6.04. The molecule has 0 atom stereocenters. The molecule has 0 aliphatic carbocycles. The van der Waals surface area contributed by atoms with Gasteiger partial charge in [-0.1, -0.05) is 11.1 Å². The van der Waals surface area contributed by atoms with E-state index >= 15 is 0 Å². The summed E-state index contributed by atoms with van der Waals surface area (Å²) in [5, 5.41) is 5.00. The molecule has 0 unspecified atom stereocenters. The highest BCUT2D eigenvalue weighted by Crippen LogP contribution is 2.29. The molecule has 0 bridgehead atoms. The minimum Gasteiger partial charge on any atom is -0.361 e. The second-order valence-corrected chi connectivity index (χ2v) is 4.40. The Kier molecular flexibility index (Phi) is 2.60. The summed E-state index contributed by atoms with van der Waals surface area (Å²) in [4.78, 5) is 7.55. The van der Waals surface area contributed by atoms with Crippen molar-refractivity contribution in [2.75, 3.05) is 0 Å². The molecule has 3 aromatic rings. The van der Waals surface area contributed by atoms with Gasteiger partial charge in [0.15, 0.2) is 0 Å². The van der Waals surface area contributed by atoms with Gasteiger partial charge in [0, 0.05) is 28.9 Å². The van der Waals surface area contributed by atoms with E-state index in [2.05, 4.69) is 33.0 Å². The molecule has 1 N–H and O–H groups in total. The van der Waals surface area contributed by atoms with Crippen molar-refractivity contribution in [1.29, 1.82) is 0 Å². The molecule has 0 radical (unpaired) electrons. The van der Waals surface area contributed by atoms with Crippen LogP contribution in [0.25, 0.3) is 22.2 Å². The predicted molar refractivity (Wildman–Crippen MR) is 73.6 cm³/mol. The lowest BCUT2D eigenvalue weighted by Gasteiger charge is -2.00. The molecule has 0 saturated carbocycles. The van der Waals surface area contributed by atoms with Crippen LogP contribution in [0.5, 0.6) is 0 Å². The topological polar surface area (TPSA) is 54.7 Å². The lowest BCUT2D eigenvalue weighted by Crippen LogP contribution is -1.85. The van der Waals surface area contributed by atoms with E-state index in [1.165, 1.54) is 0 Å². The maximum atomic E-state index is 5.21. The van der Waals surface area contributed by atoms with Gasteiger partial charge in [0.2, 0.25) is 0 Å². The molecule has 0 aromatic carbocycles. The SMILES string of the molecule is CC#Cc1c[nH]c2ncc(-c3c(C)noc3C)cc12. The van der Waals surface area contributed by atoms with Crippen LogP contribution in [0.3, 0.4) is 0 Å². The molecule has 0 saturated heterocycles. The summed E-state index contributed by atoms with van der Waals surface area (Å²) < 4.78 is 5.21. The van der Waals surface area contributed by atoms with Crippen molar-refractivity contribution in [3.8, 4) is 23.0 Å². The van der Waals surface area contributed by atoms with Crippen LogP contribution >= 0.6 is 0 Å². The van der Waals surface area contributed by atoms with Crippen molar-refractivity contribution < 1.29 is 4.52 Å². The third kappa shape index (κ3) is 1.80. The molecule has 94 valence electrons. The Morgan fingerprint density at radius 2 is 2.16 bits per heavy atom. The largest absolute Gasteiger partial charge is 0.361 e. The molecule has 3 aromatic heterocycles. The van der Waals surface area contributed by atoms with E-state index in [1.54, 1.807) is 0 Å². The third-order valence-electron chi connectivity index (χ3n) is 3.11. The second-order valence-electron chi connectivity index (χ2n) is 4.40. The van der Waals surface area contributed by atoms with Gasteiger partial charge in [-0.3, -0.25) is 0 Å². The minimum absolute atomic E-state index is 0.803. The van der Waals surface area contributed by atoms with E-state index in [4.69, 9.17) is 4.52 Å². The van der Waals surface area contributed by atoms with Crippen LogP contribution in [0.1, 0.15) is 23.9 Å². The van der Waals surface area contributed by atoms with Gasteiger partial charge in [-0.15, -0.1) is 5.92 Å². The number of aryl methyl sites for hydroxylation is 2. The molecule has 0 aliphatic rings. The van der Waals surface area contributed by atoms with Crippen molar-refractivity contribution in [1.82, 2.24) is 15.1 Å². The van der Waals surface area contributed by atoms with Gasteiger partial charge in [0.05, 0.1) is 11.3 Å². The number of rotatable bonds is 1. The Balaban J connectivity index is 2.25. The van der Waals surface area contributed by atoms with Crippen LogP contribution in [0.15, 0.2) is 23.0 Å². The van der Waals surface area contributed by atoms with E-state index in [9.17, 15) is 0 Å². The van der Waals surface area contributed by atoms with Crippen molar-refractivity contribution >= 4 is 11.0 Å². The van der Waals surface area contributed by atoms with Crippen molar-refractivity contribution in [3.05, 3.63) is 35.5 Å². The number of pyridine rings is 1. The van der Waals surface area contributed by atoms with Crippen LogP contribution < -0.4 is 0 Å². The van der Waals surface area contributed by atoms with E-state index < -0.39 is 0 Å². The van der Waals surface area contributed by atoms with Crippen molar-refractivity contribution in [2.45, 2.75) is 20.8 Å². The highest BCUT2D eigenvalue weighted by molar-refractivity contribution is 5.87. The molecule has 0 fully saturated rings. The maximum absolute atomic E-state index is 5.21. The molecule has 3 heterocycles. The smallest absolute Gasteiger partial charge is 0.141 e. The summed E-state index contributed by atoms with van der Waals surface area (Å²) in [5.41, 5.74) is 4.68. The normalized spacial score (nSPS) is 10.5. The van der Waals surface area contributed by atoms with E-state index in [0.29, 0.717) is 0 Å². The maximum Gasteiger partial charge on any atom is 0.141 e. The van der Waals surface area contributed by atoms with Gasteiger partial charge in [-0.2, -0.15) is 0 Å². The molecule has 0 aliphatic heterocycles. The zero-order valence-corrected chi connectivity index (χ0v) is 11.0. The lowest BCUT2D eigenvalue weighted by atomic mass is 10.0. The van der Waals surface area contributed by atoms with Crippen LogP contribution in [0.4, 0.5) is 0 Å². The van der Waals surface area contributed by atoms with Crippen LogP contribution in [-0.4, -0.2) is 15.1 Å². The number of nitrogens with one attached hydrogen (secondary N) is 1. The summed E-state index contributed by atoms with van der Waals surface area (Å²) in [6, 6.07) is 2.07. The first kappa shape index (κ1) is 11.5. The molecule has 0 spiro atoms. The van der Waals surface area contributed by atoms with E-state index in [-0.39, 0.29) is 0 Å². The number of aromatic amines is 1. The number of hydrogen-bond acceptors (Lipinski definition) is 3. The van der Waals surface area contributed by atoms with E-state index in [1.807, 2.05) is 33.2 Å². The fraction of sp³-hybridized carbons (Fsp3) is 0.200. The Labute approximate surface area is 110 Å². The zero-order valence-electron chi connectivity index (χ0n) is 11.0. The fourth-order valence-electron chi connectivity index (χ4n) is 2.27. The summed E-state index contributed by atoms with van der Waals surface area (Å²) in [5.74, 6) is 6.79. The summed E-state index contributed by atoms with van der Waals surface area (Å²) >= 11 is 0. The van der Waals surface area contributed by atoms with E-state index in [0.717, 1.165) is 39.2 Å². The Morgan fingerprint density at radius 3 is 2.84 bits per heavy atom. The number of nitrogens with zero attached hydrogens (tertiary/aromatic N) is 2. The van der Waals surface area contributed by atoms with Gasteiger partial charge in [0.25, 0.3) is 0 Å².